The van der Waals surface area contributed by atoms with Crippen molar-refractivity contribution in [2.24, 2.45) is 0 Å². The number of Topliss-reactive ketones (excluding diaryl/α,β-unsaturated/α-hetero) is 1. The summed E-state index contributed by atoms with van der Waals surface area (Å²) >= 11 is 1.15. The molecule has 6 nitrogen and oxygen atoms in total. The van der Waals surface area contributed by atoms with Crippen LogP contribution in [-0.4, -0.2) is 32.1 Å². The predicted octanol–water partition coefficient (Wildman–Crippen LogP) is 3.93. The molecule has 0 radical (unpaired) electrons. The molecule has 0 aliphatic carbocycles. The number of nitrogens with one attached hydrogen (secondary N) is 2. The van der Waals surface area contributed by atoms with Gasteiger partial charge in [0.15, 0.2) is 11.6 Å². The molecule has 27 heavy (non-hydrogen) atoms. The van der Waals surface area contributed by atoms with Crippen molar-refractivity contribution in [1.82, 2.24) is 15.2 Å². The molecule has 1 heterocycles. The molecule has 3 rings (SSSR count). The maximum absolute atomic E-state index is 13.8. The highest BCUT2D eigenvalue weighted by molar-refractivity contribution is 8.00. The third-order valence-corrected chi connectivity index (χ3v) is 4.74. The van der Waals surface area contributed by atoms with E-state index < -0.39 is 11.1 Å². The zero-order chi connectivity index (χ0) is 19.4. The van der Waals surface area contributed by atoms with E-state index in [2.05, 4.69) is 20.5 Å². The number of aromatic nitrogens is 3. The van der Waals surface area contributed by atoms with Crippen molar-refractivity contribution in [3.8, 4) is 11.4 Å². The maximum Gasteiger partial charge on any atom is 0.237 e. The zero-order valence-electron chi connectivity index (χ0n) is 14.7. The summed E-state index contributed by atoms with van der Waals surface area (Å²) in [6.07, 6.45) is 0. The number of H-pyrrole nitrogens is 1. The number of benzene rings is 2. The number of hydrogen-bond donors (Lipinski definition) is 2. The van der Waals surface area contributed by atoms with Gasteiger partial charge in [-0.15, -0.1) is 5.10 Å². The monoisotopic (exact) mass is 384 g/mol. The summed E-state index contributed by atoms with van der Waals surface area (Å²) in [6, 6.07) is 13.0. The van der Waals surface area contributed by atoms with Gasteiger partial charge in [0.05, 0.1) is 10.8 Å². The first-order chi connectivity index (χ1) is 12.9. The van der Waals surface area contributed by atoms with E-state index in [4.69, 9.17) is 0 Å². The summed E-state index contributed by atoms with van der Waals surface area (Å²) in [4.78, 5) is 28.1. The van der Waals surface area contributed by atoms with Gasteiger partial charge >= 0.3 is 0 Å². The standard InChI is InChI=1S/C19H17FN4O2S/c1-11(25)13-6-5-7-14(10-13)21-18(26)12(2)27-19-22-17(23-24-19)15-8-3-4-9-16(15)20/h3-10,12H,1-2H3,(H,21,26)(H,22,23,24)/t12-/m1/s1. The van der Waals surface area contributed by atoms with Crippen LogP contribution in [0.3, 0.4) is 0 Å². The topological polar surface area (TPSA) is 87.7 Å². The predicted molar refractivity (Wildman–Crippen MR) is 102 cm³/mol. The molecule has 8 heteroatoms. The second-order valence-electron chi connectivity index (χ2n) is 5.83. The minimum absolute atomic E-state index is 0.0741. The molecule has 2 N–H and O–H groups in total. The number of thioether (sulfide) groups is 1. The summed E-state index contributed by atoms with van der Waals surface area (Å²) < 4.78 is 13.8. The van der Waals surface area contributed by atoms with E-state index >= 15 is 0 Å². The molecule has 1 aromatic heterocycles. The molecule has 3 aromatic rings. The summed E-state index contributed by atoms with van der Waals surface area (Å²) in [5.74, 6) is -0.424. The van der Waals surface area contributed by atoms with E-state index in [1.165, 1.54) is 13.0 Å². The number of aromatic amines is 1. The minimum Gasteiger partial charge on any atom is -0.325 e. The summed E-state index contributed by atoms with van der Waals surface area (Å²) in [6.45, 7) is 3.18. The highest BCUT2D eigenvalue weighted by Gasteiger charge is 2.18. The van der Waals surface area contributed by atoms with Crippen molar-refractivity contribution in [3.05, 3.63) is 59.9 Å². The van der Waals surface area contributed by atoms with Crippen molar-refractivity contribution in [3.63, 3.8) is 0 Å². The van der Waals surface area contributed by atoms with Gasteiger partial charge in [-0.2, -0.15) is 0 Å². The van der Waals surface area contributed by atoms with E-state index in [0.29, 0.717) is 27.8 Å². The molecule has 0 fully saturated rings. The number of hydrogen-bond acceptors (Lipinski definition) is 5. The quantitative estimate of drug-likeness (QED) is 0.497. The van der Waals surface area contributed by atoms with Crippen LogP contribution in [-0.2, 0) is 4.79 Å². The van der Waals surface area contributed by atoms with Gasteiger partial charge in [0.2, 0.25) is 11.1 Å². The van der Waals surface area contributed by atoms with Gasteiger partial charge in [0.25, 0.3) is 0 Å². The van der Waals surface area contributed by atoms with E-state index in [1.807, 2.05) is 0 Å². The Morgan fingerprint density at radius 2 is 1.96 bits per heavy atom. The lowest BCUT2D eigenvalue weighted by molar-refractivity contribution is -0.115. The maximum atomic E-state index is 13.8. The summed E-state index contributed by atoms with van der Waals surface area (Å²) in [5.41, 5.74) is 1.38. The fourth-order valence-corrected chi connectivity index (χ4v) is 3.07. The fraction of sp³-hybridized carbons (Fsp3) is 0.158. The minimum atomic E-state index is -0.491. The van der Waals surface area contributed by atoms with Gasteiger partial charge in [0, 0.05) is 11.3 Å². The third kappa shape index (κ3) is 4.59. The SMILES string of the molecule is CC(=O)c1cccc(NC(=O)[C@@H](C)Sc2n[nH]c(-c3ccccc3F)n2)c1. The van der Waals surface area contributed by atoms with Crippen LogP contribution < -0.4 is 5.32 Å². The highest BCUT2D eigenvalue weighted by Crippen LogP contribution is 2.25. The molecular formula is C19H17FN4O2S. The van der Waals surface area contributed by atoms with E-state index in [9.17, 15) is 14.0 Å². The fourth-order valence-electron chi connectivity index (χ4n) is 2.34. The van der Waals surface area contributed by atoms with E-state index in [0.717, 1.165) is 11.8 Å². The molecule has 0 bridgehead atoms. The highest BCUT2D eigenvalue weighted by atomic mass is 32.2. The van der Waals surface area contributed by atoms with Crippen LogP contribution in [0.2, 0.25) is 0 Å². The lowest BCUT2D eigenvalue weighted by atomic mass is 10.1. The molecular weight excluding hydrogens is 367 g/mol. The average Bonchev–Trinajstić information content (AvgIpc) is 3.10. The number of halogens is 1. The molecule has 138 valence electrons. The molecule has 1 amide bonds. The van der Waals surface area contributed by atoms with Gasteiger partial charge in [-0.25, -0.2) is 9.37 Å². The van der Waals surface area contributed by atoms with Crippen LogP contribution in [0.25, 0.3) is 11.4 Å². The van der Waals surface area contributed by atoms with Gasteiger partial charge < -0.3 is 5.32 Å². The Bertz CT molecular complexity index is 989. The Balaban J connectivity index is 1.66. The van der Waals surface area contributed by atoms with Crippen LogP contribution >= 0.6 is 11.8 Å². The van der Waals surface area contributed by atoms with Gasteiger partial charge in [0.1, 0.15) is 5.82 Å². The van der Waals surface area contributed by atoms with Crippen LogP contribution in [0.5, 0.6) is 0 Å². The average molecular weight is 384 g/mol. The number of carbonyl (C=O) groups excluding carboxylic acids is 2. The van der Waals surface area contributed by atoms with Crippen molar-refractivity contribution in [2.45, 2.75) is 24.3 Å². The Kier molecular flexibility index (Phi) is 5.66. The number of rotatable bonds is 6. The van der Waals surface area contributed by atoms with Crippen molar-refractivity contribution in [1.29, 1.82) is 0 Å². The molecule has 0 saturated carbocycles. The number of nitrogens with zero attached hydrogens (tertiary/aromatic N) is 2. The first-order valence-electron chi connectivity index (χ1n) is 8.20. The van der Waals surface area contributed by atoms with Crippen LogP contribution in [0.4, 0.5) is 10.1 Å². The Morgan fingerprint density at radius 3 is 2.70 bits per heavy atom. The Labute approximate surface area is 159 Å². The van der Waals surface area contributed by atoms with Crippen LogP contribution in [0.1, 0.15) is 24.2 Å². The lowest BCUT2D eigenvalue weighted by Crippen LogP contribution is -2.22. The largest absolute Gasteiger partial charge is 0.325 e. The number of ketones is 1. The molecule has 0 saturated heterocycles. The Hall–Kier alpha value is -3.00. The normalized spacial score (nSPS) is 11.8. The van der Waals surface area contributed by atoms with Crippen molar-refractivity contribution < 1.29 is 14.0 Å². The number of carbonyl (C=O) groups is 2. The second kappa shape index (κ2) is 8.13. The molecule has 0 aliphatic heterocycles. The summed E-state index contributed by atoms with van der Waals surface area (Å²) in [7, 11) is 0. The number of anilines is 1. The number of amides is 1. The lowest BCUT2D eigenvalue weighted by Gasteiger charge is -2.10. The van der Waals surface area contributed by atoms with E-state index in [1.54, 1.807) is 49.4 Å². The molecule has 2 aromatic carbocycles. The first-order valence-corrected chi connectivity index (χ1v) is 9.08. The smallest absolute Gasteiger partial charge is 0.237 e. The third-order valence-electron chi connectivity index (χ3n) is 3.78. The molecule has 0 spiro atoms. The van der Waals surface area contributed by atoms with Crippen molar-refractivity contribution in [2.75, 3.05) is 5.32 Å². The van der Waals surface area contributed by atoms with Crippen LogP contribution in [0, 0.1) is 5.82 Å². The summed E-state index contributed by atoms with van der Waals surface area (Å²) in [5, 5.41) is 9.34. The first kappa shape index (κ1) is 18.8. The molecule has 1 atom stereocenters. The van der Waals surface area contributed by atoms with Gasteiger partial charge in [-0.1, -0.05) is 36.0 Å². The van der Waals surface area contributed by atoms with Gasteiger partial charge in [-0.05, 0) is 38.1 Å². The van der Waals surface area contributed by atoms with E-state index in [-0.39, 0.29) is 11.7 Å². The van der Waals surface area contributed by atoms with Crippen LogP contribution in [0.15, 0.2) is 53.7 Å². The van der Waals surface area contributed by atoms with Crippen molar-refractivity contribution >= 4 is 29.1 Å². The Morgan fingerprint density at radius 1 is 1.19 bits per heavy atom. The molecule has 0 aliphatic rings. The zero-order valence-corrected chi connectivity index (χ0v) is 15.5. The second-order valence-corrected chi connectivity index (χ2v) is 7.14. The van der Waals surface area contributed by atoms with Gasteiger partial charge in [-0.3, -0.25) is 14.7 Å². The molecule has 0 unspecified atom stereocenters.